The molecular weight excluding hydrogens is 382 g/mol. The normalized spacial score (nSPS) is 14.4. The van der Waals surface area contributed by atoms with Gasteiger partial charge in [0.1, 0.15) is 12.1 Å². The molecule has 9 heteroatoms. The third kappa shape index (κ3) is 4.77. The number of tetrazole rings is 1. The number of aromatic nitrogens is 6. The summed E-state index contributed by atoms with van der Waals surface area (Å²) in [7, 11) is 0. The minimum absolute atomic E-state index is 0.0811. The number of carbonyl (C=O) groups excluding carboxylic acids is 1. The maximum atomic E-state index is 13.1. The summed E-state index contributed by atoms with van der Waals surface area (Å²) in [5, 5.41) is 19.4. The van der Waals surface area contributed by atoms with Gasteiger partial charge < -0.3 is 9.74 Å². The van der Waals surface area contributed by atoms with Crippen LogP contribution in [0.5, 0.6) is 0 Å². The van der Waals surface area contributed by atoms with Crippen molar-refractivity contribution in [1.82, 2.24) is 30.6 Å². The third-order valence-electron chi connectivity index (χ3n) is 5.77. The maximum absolute atomic E-state index is 13.1. The van der Waals surface area contributed by atoms with Gasteiger partial charge in [0.05, 0.1) is 12.7 Å². The lowest BCUT2D eigenvalue weighted by Gasteiger charge is -2.22. The van der Waals surface area contributed by atoms with Gasteiger partial charge in [-0.1, -0.05) is 49.1 Å². The lowest BCUT2D eigenvalue weighted by atomic mass is 10.0. The molecule has 0 aliphatic heterocycles. The molecular formula is C21H29N7O2. The van der Waals surface area contributed by atoms with E-state index in [-0.39, 0.29) is 12.5 Å². The Kier molecular flexibility index (Phi) is 6.56. The number of rotatable bonds is 10. The second-order valence-electron chi connectivity index (χ2n) is 7.94. The fourth-order valence-electron chi connectivity index (χ4n) is 4.04. The monoisotopic (exact) mass is 411 g/mol. The van der Waals surface area contributed by atoms with Crippen LogP contribution in [0.15, 0.2) is 24.4 Å². The van der Waals surface area contributed by atoms with E-state index in [0.29, 0.717) is 24.8 Å². The standard InChI is InChI=1S/C21H29N7O2/c1-2-3-12-30-28-19-10-9-18(13-17(19)14-22-28)27(15-20-23-25-26-24-20)21(29)11-8-16-6-4-5-7-16/h9-10,13-14,16H,2-8,11-12,15H2,1H3,(H,23,24,25,26). The number of nitrogens with zero attached hydrogens (tertiary/aromatic N) is 6. The van der Waals surface area contributed by atoms with Crippen molar-refractivity contribution in [3.63, 3.8) is 0 Å². The summed E-state index contributed by atoms with van der Waals surface area (Å²) in [4.78, 5) is 22.2. The molecule has 0 unspecified atom stereocenters. The number of hydrogen-bond acceptors (Lipinski definition) is 6. The van der Waals surface area contributed by atoms with E-state index in [1.165, 1.54) is 25.7 Å². The summed E-state index contributed by atoms with van der Waals surface area (Å²) in [6.45, 7) is 3.03. The van der Waals surface area contributed by atoms with Crippen LogP contribution in [-0.2, 0) is 11.3 Å². The first-order valence-electron chi connectivity index (χ1n) is 10.9. The van der Waals surface area contributed by atoms with Crippen LogP contribution in [0, 0.1) is 5.92 Å². The molecule has 0 spiro atoms. The highest BCUT2D eigenvalue weighted by Gasteiger charge is 2.22. The molecule has 3 aromatic rings. The Hall–Kier alpha value is -2.97. The predicted molar refractivity (Wildman–Crippen MR) is 113 cm³/mol. The number of amides is 1. The van der Waals surface area contributed by atoms with E-state index in [2.05, 4.69) is 32.6 Å². The van der Waals surface area contributed by atoms with Gasteiger partial charge in [-0.15, -0.1) is 15.3 Å². The third-order valence-corrected chi connectivity index (χ3v) is 5.77. The molecule has 1 amide bonds. The van der Waals surface area contributed by atoms with E-state index in [0.717, 1.165) is 35.9 Å². The highest BCUT2D eigenvalue weighted by molar-refractivity contribution is 5.95. The Labute approximate surface area is 175 Å². The first-order chi connectivity index (χ1) is 14.7. The van der Waals surface area contributed by atoms with Crippen molar-refractivity contribution in [2.75, 3.05) is 11.5 Å². The maximum Gasteiger partial charge on any atom is 0.227 e. The minimum atomic E-state index is 0.0811. The smallest absolute Gasteiger partial charge is 0.227 e. The summed E-state index contributed by atoms with van der Waals surface area (Å²) in [5.74, 6) is 1.24. The molecule has 1 aliphatic rings. The van der Waals surface area contributed by atoms with Crippen LogP contribution in [0.3, 0.4) is 0 Å². The molecule has 2 aromatic heterocycles. The van der Waals surface area contributed by atoms with Gasteiger partial charge in [-0.05, 0) is 37.0 Å². The molecule has 160 valence electrons. The molecule has 4 rings (SSSR count). The summed E-state index contributed by atoms with van der Waals surface area (Å²) in [5.41, 5.74) is 1.68. The molecule has 1 aliphatic carbocycles. The van der Waals surface area contributed by atoms with Crippen LogP contribution in [0.4, 0.5) is 5.69 Å². The summed E-state index contributed by atoms with van der Waals surface area (Å²) in [6.07, 6.45) is 10.3. The van der Waals surface area contributed by atoms with Gasteiger partial charge in [-0.2, -0.15) is 5.21 Å². The van der Waals surface area contributed by atoms with Gasteiger partial charge in [0, 0.05) is 17.5 Å². The summed E-state index contributed by atoms with van der Waals surface area (Å²) < 4.78 is 0. The Morgan fingerprint density at radius 2 is 2.20 bits per heavy atom. The fourth-order valence-corrected chi connectivity index (χ4v) is 4.04. The molecule has 9 nitrogen and oxygen atoms in total. The average molecular weight is 412 g/mol. The second kappa shape index (κ2) is 9.69. The Morgan fingerprint density at radius 1 is 1.33 bits per heavy atom. The van der Waals surface area contributed by atoms with Crippen LogP contribution < -0.4 is 9.74 Å². The highest BCUT2D eigenvalue weighted by atomic mass is 16.7. The van der Waals surface area contributed by atoms with Crippen LogP contribution in [0.25, 0.3) is 10.9 Å². The van der Waals surface area contributed by atoms with Crippen molar-refractivity contribution in [1.29, 1.82) is 0 Å². The van der Waals surface area contributed by atoms with E-state index in [1.807, 2.05) is 18.2 Å². The number of carbonyl (C=O) groups is 1. The summed E-state index contributed by atoms with van der Waals surface area (Å²) in [6, 6.07) is 5.84. The van der Waals surface area contributed by atoms with Gasteiger partial charge in [0.25, 0.3) is 0 Å². The molecule has 0 atom stereocenters. The van der Waals surface area contributed by atoms with Crippen molar-refractivity contribution in [3.05, 3.63) is 30.2 Å². The zero-order valence-electron chi connectivity index (χ0n) is 17.5. The van der Waals surface area contributed by atoms with Gasteiger partial charge in [-0.25, -0.2) is 0 Å². The quantitative estimate of drug-likeness (QED) is 0.514. The van der Waals surface area contributed by atoms with Crippen molar-refractivity contribution >= 4 is 22.5 Å². The number of hydrogen-bond donors (Lipinski definition) is 1. The minimum Gasteiger partial charge on any atom is -0.396 e. The van der Waals surface area contributed by atoms with Crippen LogP contribution >= 0.6 is 0 Å². The number of anilines is 1. The first kappa shape index (κ1) is 20.3. The fraction of sp³-hybridized carbons (Fsp3) is 0.571. The lowest BCUT2D eigenvalue weighted by Crippen LogP contribution is -2.31. The van der Waals surface area contributed by atoms with Gasteiger partial charge >= 0.3 is 0 Å². The number of benzene rings is 1. The molecule has 30 heavy (non-hydrogen) atoms. The molecule has 1 aromatic carbocycles. The van der Waals surface area contributed by atoms with E-state index in [4.69, 9.17) is 4.84 Å². The van der Waals surface area contributed by atoms with E-state index in [9.17, 15) is 4.79 Å². The van der Waals surface area contributed by atoms with E-state index in [1.54, 1.807) is 15.9 Å². The SMILES string of the molecule is CCCCOn1ncc2cc(N(Cc3nn[nH]n3)C(=O)CCC3CCCC3)ccc21. The van der Waals surface area contributed by atoms with Crippen molar-refractivity contribution < 1.29 is 9.63 Å². The zero-order valence-corrected chi connectivity index (χ0v) is 17.5. The zero-order chi connectivity index (χ0) is 20.8. The topological polar surface area (TPSA) is 102 Å². The van der Waals surface area contributed by atoms with Gasteiger partial charge in [0.15, 0.2) is 5.82 Å². The Bertz CT molecular complexity index is 948. The van der Waals surface area contributed by atoms with Crippen molar-refractivity contribution in [3.8, 4) is 0 Å². The van der Waals surface area contributed by atoms with Gasteiger partial charge in [-0.3, -0.25) is 4.79 Å². The second-order valence-corrected chi connectivity index (χ2v) is 7.94. The predicted octanol–water partition coefficient (Wildman–Crippen LogP) is 3.28. The lowest BCUT2D eigenvalue weighted by molar-refractivity contribution is -0.119. The van der Waals surface area contributed by atoms with Crippen molar-refractivity contribution in [2.45, 2.75) is 64.8 Å². The molecule has 1 N–H and O–H groups in total. The van der Waals surface area contributed by atoms with Crippen molar-refractivity contribution in [2.24, 2.45) is 5.92 Å². The van der Waals surface area contributed by atoms with Crippen LogP contribution in [0.1, 0.15) is 64.1 Å². The molecule has 1 fully saturated rings. The Morgan fingerprint density at radius 3 is 2.97 bits per heavy atom. The Balaban J connectivity index is 1.52. The molecule has 2 heterocycles. The first-order valence-corrected chi connectivity index (χ1v) is 10.9. The van der Waals surface area contributed by atoms with E-state index >= 15 is 0 Å². The molecule has 1 saturated carbocycles. The van der Waals surface area contributed by atoms with Gasteiger partial charge in [0.2, 0.25) is 5.91 Å². The molecule has 0 bridgehead atoms. The number of aromatic amines is 1. The van der Waals surface area contributed by atoms with Crippen LogP contribution in [0.2, 0.25) is 0 Å². The summed E-state index contributed by atoms with van der Waals surface area (Å²) >= 11 is 0. The largest absolute Gasteiger partial charge is 0.396 e. The number of H-pyrrole nitrogens is 1. The number of fused-ring (bicyclic) bond motifs is 1. The number of unbranched alkanes of at least 4 members (excludes halogenated alkanes) is 1. The molecule has 0 radical (unpaired) electrons. The average Bonchev–Trinajstić information content (AvgIpc) is 3.52. The number of nitrogens with one attached hydrogen (secondary N) is 1. The van der Waals surface area contributed by atoms with E-state index < -0.39 is 0 Å². The van der Waals surface area contributed by atoms with Crippen LogP contribution in [-0.4, -0.2) is 43.1 Å². The molecule has 0 saturated heterocycles. The highest BCUT2D eigenvalue weighted by Crippen LogP contribution is 2.30.